The van der Waals surface area contributed by atoms with E-state index in [9.17, 15) is 9.90 Å². The molecule has 0 bridgehead atoms. The Morgan fingerprint density at radius 1 is 1.50 bits per heavy atom. The van der Waals surface area contributed by atoms with Crippen LogP contribution in [0.5, 0.6) is 0 Å². The molecular weight excluding hydrogens is 210 g/mol. The van der Waals surface area contributed by atoms with Crippen LogP contribution in [-0.2, 0) is 4.74 Å². The monoisotopic (exact) mass is 231 g/mol. The highest BCUT2D eigenvalue weighted by atomic mass is 16.6. The zero-order chi connectivity index (χ0) is 12.6. The molecule has 1 aliphatic heterocycles. The summed E-state index contributed by atoms with van der Waals surface area (Å²) in [5.41, 5.74) is 11.0. The lowest BCUT2D eigenvalue weighted by Gasteiger charge is -2.43. The van der Waals surface area contributed by atoms with E-state index >= 15 is 0 Å². The molecule has 1 saturated heterocycles. The maximum Gasteiger partial charge on any atom is 0.412 e. The van der Waals surface area contributed by atoms with Crippen molar-refractivity contribution < 1.29 is 14.6 Å². The third-order valence-corrected chi connectivity index (χ3v) is 2.39. The highest BCUT2D eigenvalue weighted by molar-refractivity contribution is 5.69. The highest BCUT2D eigenvalue weighted by Gasteiger charge is 2.40. The van der Waals surface area contributed by atoms with Crippen molar-refractivity contribution in [2.45, 2.75) is 51.1 Å². The molecule has 1 amide bonds. The lowest BCUT2D eigenvalue weighted by atomic mass is 10.0. The lowest BCUT2D eigenvalue weighted by molar-refractivity contribution is -0.0413. The fourth-order valence-corrected chi connectivity index (χ4v) is 1.57. The van der Waals surface area contributed by atoms with E-state index in [1.54, 1.807) is 20.8 Å². The zero-order valence-electron chi connectivity index (χ0n) is 10.1. The van der Waals surface area contributed by atoms with Gasteiger partial charge in [0.25, 0.3) is 0 Å². The maximum atomic E-state index is 11.8. The van der Waals surface area contributed by atoms with Crippen molar-refractivity contribution in [1.82, 2.24) is 4.90 Å². The molecular formula is C10H21N3O3. The van der Waals surface area contributed by atoms with Crippen molar-refractivity contribution in [3.8, 4) is 0 Å². The Hall–Kier alpha value is -0.850. The number of nitrogens with zero attached hydrogens (tertiary/aromatic N) is 1. The number of hydrogen-bond donors (Lipinski definition) is 3. The highest BCUT2D eigenvalue weighted by Crippen LogP contribution is 2.22. The van der Waals surface area contributed by atoms with Crippen LogP contribution < -0.4 is 11.5 Å². The van der Waals surface area contributed by atoms with Crippen LogP contribution in [-0.4, -0.2) is 40.1 Å². The number of likely N-dealkylation sites (tertiary alicyclic amines) is 1. The summed E-state index contributed by atoms with van der Waals surface area (Å²) in [6, 6.07) is 0. The second-order valence-corrected chi connectivity index (χ2v) is 5.27. The summed E-state index contributed by atoms with van der Waals surface area (Å²) in [4.78, 5) is 13.0. The predicted octanol–water partition coefficient (Wildman–Crippen LogP) is -0.0506. The number of aliphatic hydroxyl groups excluding tert-OH is 1. The molecule has 16 heavy (non-hydrogen) atoms. The van der Waals surface area contributed by atoms with Gasteiger partial charge in [0, 0.05) is 6.42 Å². The summed E-state index contributed by atoms with van der Waals surface area (Å²) < 4.78 is 5.18. The first-order chi connectivity index (χ1) is 7.12. The number of carbonyl (C=O) groups is 1. The van der Waals surface area contributed by atoms with E-state index in [1.807, 2.05) is 0 Å². The van der Waals surface area contributed by atoms with Crippen LogP contribution in [0, 0.1) is 0 Å². The Bertz CT molecular complexity index is 273. The fourth-order valence-electron chi connectivity index (χ4n) is 1.57. The van der Waals surface area contributed by atoms with Gasteiger partial charge in [0.2, 0.25) is 0 Å². The molecule has 6 heteroatoms. The Labute approximate surface area is 95.5 Å². The minimum Gasteiger partial charge on any atom is -0.444 e. The molecule has 1 fully saturated rings. The van der Waals surface area contributed by atoms with Gasteiger partial charge in [0.1, 0.15) is 11.4 Å². The van der Waals surface area contributed by atoms with E-state index in [-0.39, 0.29) is 6.54 Å². The van der Waals surface area contributed by atoms with Crippen LogP contribution in [0.3, 0.4) is 0 Å². The van der Waals surface area contributed by atoms with Gasteiger partial charge >= 0.3 is 6.09 Å². The number of rotatable bonds is 0. The molecule has 0 aromatic carbocycles. The minimum atomic E-state index is -1.23. The largest absolute Gasteiger partial charge is 0.444 e. The smallest absolute Gasteiger partial charge is 0.412 e. The van der Waals surface area contributed by atoms with Gasteiger partial charge in [-0.2, -0.15) is 0 Å². The van der Waals surface area contributed by atoms with Gasteiger partial charge in [-0.3, -0.25) is 16.4 Å². The average molecular weight is 231 g/mol. The number of nitrogens with two attached hydrogens (primary N) is 2. The summed E-state index contributed by atoms with van der Waals surface area (Å²) in [6.45, 7) is 5.40. The second-order valence-electron chi connectivity index (χ2n) is 5.27. The lowest BCUT2D eigenvalue weighted by Crippen LogP contribution is -2.69. The first kappa shape index (κ1) is 13.2. The Morgan fingerprint density at radius 2 is 2.06 bits per heavy atom. The SMILES string of the molecule is CC(C)(C)OC(=O)N1CC(O)CCC1(N)N. The van der Waals surface area contributed by atoms with E-state index in [0.29, 0.717) is 12.8 Å². The van der Waals surface area contributed by atoms with Crippen LogP contribution in [0.25, 0.3) is 0 Å². The van der Waals surface area contributed by atoms with E-state index in [1.165, 1.54) is 4.90 Å². The minimum absolute atomic E-state index is 0.113. The van der Waals surface area contributed by atoms with Crippen molar-refractivity contribution in [2.75, 3.05) is 6.54 Å². The Balaban J connectivity index is 2.72. The maximum absolute atomic E-state index is 11.8. The summed E-state index contributed by atoms with van der Waals surface area (Å²) in [5.74, 6) is -1.23. The van der Waals surface area contributed by atoms with Crippen LogP contribution in [0.2, 0.25) is 0 Å². The summed E-state index contributed by atoms with van der Waals surface area (Å²) in [7, 11) is 0. The van der Waals surface area contributed by atoms with Crippen molar-refractivity contribution in [2.24, 2.45) is 11.5 Å². The average Bonchev–Trinajstić information content (AvgIpc) is 2.06. The standard InChI is InChI=1S/C10H21N3O3/c1-9(2,3)16-8(15)13-6-7(14)4-5-10(13,11)12/h7,14H,4-6,11-12H2,1-3H3. The van der Waals surface area contributed by atoms with Crippen LogP contribution in [0.15, 0.2) is 0 Å². The molecule has 0 aliphatic carbocycles. The van der Waals surface area contributed by atoms with Crippen LogP contribution in [0.4, 0.5) is 4.79 Å². The molecule has 5 N–H and O–H groups in total. The molecule has 0 radical (unpaired) electrons. The molecule has 0 saturated carbocycles. The molecule has 0 aromatic rings. The molecule has 1 rings (SSSR count). The normalized spacial score (nSPS) is 25.4. The third-order valence-electron chi connectivity index (χ3n) is 2.39. The number of ether oxygens (including phenoxy) is 1. The molecule has 0 spiro atoms. The van der Waals surface area contributed by atoms with Crippen molar-refractivity contribution in [3.63, 3.8) is 0 Å². The van der Waals surface area contributed by atoms with Gasteiger partial charge in [-0.15, -0.1) is 0 Å². The van der Waals surface area contributed by atoms with Crippen LogP contribution >= 0.6 is 0 Å². The van der Waals surface area contributed by atoms with E-state index in [0.717, 1.165) is 0 Å². The number of carbonyl (C=O) groups excluding carboxylic acids is 1. The first-order valence-corrected chi connectivity index (χ1v) is 5.38. The number of β-amino-alcohol motifs (C(OH)–C–C–N with tert-alkyl or cyclic N) is 1. The molecule has 1 heterocycles. The molecule has 6 nitrogen and oxygen atoms in total. The number of piperidine rings is 1. The van der Waals surface area contributed by atoms with Gasteiger partial charge in [-0.05, 0) is 27.2 Å². The van der Waals surface area contributed by atoms with Gasteiger partial charge in [-0.25, -0.2) is 4.79 Å². The molecule has 0 aromatic heterocycles. The summed E-state index contributed by atoms with van der Waals surface area (Å²) in [6.07, 6.45) is -0.330. The topological polar surface area (TPSA) is 102 Å². The number of aliphatic hydroxyl groups is 1. The molecule has 1 unspecified atom stereocenters. The Morgan fingerprint density at radius 3 is 2.56 bits per heavy atom. The van der Waals surface area contributed by atoms with Crippen molar-refractivity contribution in [1.29, 1.82) is 0 Å². The van der Waals surface area contributed by atoms with Crippen molar-refractivity contribution in [3.05, 3.63) is 0 Å². The van der Waals surface area contributed by atoms with Gasteiger partial charge in [0.15, 0.2) is 0 Å². The van der Waals surface area contributed by atoms with Gasteiger partial charge < -0.3 is 9.84 Å². The summed E-state index contributed by atoms with van der Waals surface area (Å²) in [5, 5.41) is 9.50. The van der Waals surface area contributed by atoms with Gasteiger partial charge in [-0.1, -0.05) is 0 Å². The predicted molar refractivity (Wildman–Crippen MR) is 59.3 cm³/mol. The van der Waals surface area contributed by atoms with Gasteiger partial charge in [0.05, 0.1) is 12.6 Å². The van der Waals surface area contributed by atoms with E-state index < -0.39 is 23.6 Å². The summed E-state index contributed by atoms with van der Waals surface area (Å²) >= 11 is 0. The quantitative estimate of drug-likeness (QED) is 0.507. The molecule has 1 aliphatic rings. The van der Waals surface area contributed by atoms with E-state index in [4.69, 9.17) is 16.2 Å². The number of hydrogen-bond acceptors (Lipinski definition) is 5. The third kappa shape index (κ3) is 3.33. The Kier molecular flexibility index (Phi) is 3.47. The second kappa shape index (κ2) is 4.20. The molecule has 94 valence electrons. The first-order valence-electron chi connectivity index (χ1n) is 5.38. The van der Waals surface area contributed by atoms with Crippen LogP contribution in [0.1, 0.15) is 33.6 Å². The van der Waals surface area contributed by atoms with Crippen molar-refractivity contribution >= 4 is 6.09 Å². The fraction of sp³-hybridized carbons (Fsp3) is 0.900. The molecule has 1 atom stereocenters. The number of amides is 1. The zero-order valence-corrected chi connectivity index (χ0v) is 10.1. The van der Waals surface area contributed by atoms with E-state index in [2.05, 4.69) is 0 Å².